The van der Waals surface area contributed by atoms with Crippen LogP contribution in [0.2, 0.25) is 0 Å². The minimum atomic E-state index is -0.372. The first kappa shape index (κ1) is 14.8. The molecule has 0 aliphatic heterocycles. The van der Waals surface area contributed by atoms with Gasteiger partial charge in [-0.2, -0.15) is 0 Å². The summed E-state index contributed by atoms with van der Waals surface area (Å²) < 4.78 is 26.9. The van der Waals surface area contributed by atoms with Crippen LogP contribution >= 0.6 is 11.6 Å². The Hall–Kier alpha value is -0.630. The number of hydrogen-bond donors (Lipinski definition) is 0. The van der Waals surface area contributed by atoms with Crippen LogP contribution in [0.25, 0.3) is 0 Å². The zero-order valence-corrected chi connectivity index (χ0v) is 12.1. The van der Waals surface area contributed by atoms with Crippen molar-refractivity contribution in [1.29, 1.82) is 0 Å². The van der Waals surface area contributed by atoms with Crippen LogP contribution in [0.15, 0.2) is 18.2 Å². The van der Waals surface area contributed by atoms with Crippen LogP contribution in [0, 0.1) is 23.5 Å². The molecule has 1 aromatic carbocycles. The molecule has 0 heterocycles. The maximum absolute atomic E-state index is 13.7. The Labute approximate surface area is 119 Å². The molecule has 1 aromatic rings. The van der Waals surface area contributed by atoms with E-state index in [4.69, 9.17) is 11.6 Å². The molecule has 19 heavy (non-hydrogen) atoms. The fourth-order valence-electron chi connectivity index (χ4n) is 3.19. The van der Waals surface area contributed by atoms with Crippen LogP contribution in [0.5, 0.6) is 0 Å². The Morgan fingerprint density at radius 2 is 2.05 bits per heavy atom. The van der Waals surface area contributed by atoms with Crippen molar-refractivity contribution in [1.82, 2.24) is 0 Å². The summed E-state index contributed by atoms with van der Waals surface area (Å²) in [4.78, 5) is 0. The van der Waals surface area contributed by atoms with Crippen LogP contribution in [0.3, 0.4) is 0 Å². The highest BCUT2D eigenvalue weighted by Crippen LogP contribution is 2.37. The second-order valence-electron chi connectivity index (χ2n) is 5.68. The average Bonchev–Trinajstić information content (AvgIpc) is 2.38. The van der Waals surface area contributed by atoms with Crippen molar-refractivity contribution in [2.45, 2.75) is 50.8 Å². The molecule has 1 saturated carbocycles. The summed E-state index contributed by atoms with van der Waals surface area (Å²) in [6.07, 6.45) is 6.15. The Bertz CT molecular complexity index is 419. The van der Waals surface area contributed by atoms with Crippen molar-refractivity contribution in [3.05, 3.63) is 35.4 Å². The Kier molecular flexibility index (Phi) is 5.20. The van der Waals surface area contributed by atoms with Gasteiger partial charge in [-0.15, -0.1) is 11.6 Å². The molecule has 1 fully saturated rings. The molecule has 0 bridgehead atoms. The maximum Gasteiger partial charge on any atom is 0.126 e. The number of benzene rings is 1. The van der Waals surface area contributed by atoms with E-state index in [1.54, 1.807) is 0 Å². The Balaban J connectivity index is 2.05. The quantitative estimate of drug-likeness (QED) is 0.656. The number of alkyl halides is 1. The van der Waals surface area contributed by atoms with E-state index in [2.05, 4.69) is 6.92 Å². The molecule has 0 aromatic heterocycles. The van der Waals surface area contributed by atoms with Gasteiger partial charge in [0.15, 0.2) is 0 Å². The second-order valence-corrected chi connectivity index (χ2v) is 6.24. The van der Waals surface area contributed by atoms with Gasteiger partial charge < -0.3 is 0 Å². The van der Waals surface area contributed by atoms with Crippen LogP contribution in [-0.4, -0.2) is 5.38 Å². The van der Waals surface area contributed by atoms with Crippen molar-refractivity contribution in [3.63, 3.8) is 0 Å². The molecule has 3 heteroatoms. The third-order valence-corrected chi connectivity index (χ3v) is 4.76. The largest absolute Gasteiger partial charge is 0.207 e. The van der Waals surface area contributed by atoms with Gasteiger partial charge in [-0.1, -0.05) is 19.8 Å². The topological polar surface area (TPSA) is 0 Å². The molecule has 0 amide bonds. The minimum Gasteiger partial charge on any atom is -0.207 e. The van der Waals surface area contributed by atoms with E-state index >= 15 is 0 Å². The zero-order valence-electron chi connectivity index (χ0n) is 11.3. The van der Waals surface area contributed by atoms with Gasteiger partial charge in [-0.05, 0) is 61.3 Å². The number of hydrogen-bond acceptors (Lipinski definition) is 0. The highest BCUT2D eigenvalue weighted by atomic mass is 35.5. The SMILES string of the molecule is CCCC1CCC(Cl)C(Cc2cc(F)ccc2F)C1. The molecule has 0 N–H and O–H groups in total. The molecule has 0 nitrogen and oxygen atoms in total. The molecule has 0 radical (unpaired) electrons. The smallest absolute Gasteiger partial charge is 0.126 e. The highest BCUT2D eigenvalue weighted by Gasteiger charge is 2.29. The first-order valence-electron chi connectivity index (χ1n) is 7.18. The lowest BCUT2D eigenvalue weighted by atomic mass is 9.76. The van der Waals surface area contributed by atoms with E-state index < -0.39 is 0 Å². The van der Waals surface area contributed by atoms with Gasteiger partial charge in [0.1, 0.15) is 11.6 Å². The van der Waals surface area contributed by atoms with Gasteiger partial charge in [-0.3, -0.25) is 0 Å². The number of halogens is 3. The van der Waals surface area contributed by atoms with Crippen LogP contribution in [0.1, 0.15) is 44.6 Å². The zero-order chi connectivity index (χ0) is 13.8. The summed E-state index contributed by atoms with van der Waals surface area (Å²) >= 11 is 6.37. The minimum absolute atomic E-state index is 0.0933. The third kappa shape index (κ3) is 3.92. The van der Waals surface area contributed by atoms with Gasteiger partial charge in [0.2, 0.25) is 0 Å². The lowest BCUT2D eigenvalue weighted by molar-refractivity contribution is 0.255. The standard InChI is InChI=1S/C16H21ClF2/c1-2-3-11-4-6-15(17)12(8-11)9-13-10-14(18)5-7-16(13)19/h5,7,10-12,15H,2-4,6,8-9H2,1H3. The first-order chi connectivity index (χ1) is 9.10. The molecule has 3 atom stereocenters. The molecule has 2 rings (SSSR count). The van der Waals surface area contributed by atoms with Gasteiger partial charge in [0, 0.05) is 5.38 Å². The molecule has 1 aliphatic carbocycles. The van der Waals surface area contributed by atoms with Gasteiger partial charge in [0.25, 0.3) is 0 Å². The molecular formula is C16H21ClF2. The van der Waals surface area contributed by atoms with Crippen molar-refractivity contribution in [3.8, 4) is 0 Å². The molecule has 0 saturated heterocycles. The fourth-order valence-corrected chi connectivity index (χ4v) is 3.51. The van der Waals surface area contributed by atoms with E-state index in [9.17, 15) is 8.78 Å². The number of rotatable bonds is 4. The summed E-state index contributed by atoms with van der Waals surface area (Å²) in [6, 6.07) is 3.68. The lowest BCUT2D eigenvalue weighted by Gasteiger charge is -2.33. The Morgan fingerprint density at radius 3 is 2.79 bits per heavy atom. The van der Waals surface area contributed by atoms with Crippen molar-refractivity contribution in [2.24, 2.45) is 11.8 Å². The first-order valence-corrected chi connectivity index (χ1v) is 7.61. The molecule has 1 aliphatic rings. The normalized spacial score (nSPS) is 27.5. The van der Waals surface area contributed by atoms with E-state index in [0.717, 1.165) is 18.9 Å². The summed E-state index contributed by atoms with van der Waals surface area (Å²) in [5, 5.41) is 0.0933. The summed E-state index contributed by atoms with van der Waals surface area (Å²) in [5.41, 5.74) is 0.466. The van der Waals surface area contributed by atoms with Crippen molar-refractivity contribution < 1.29 is 8.78 Å². The molecule has 3 unspecified atom stereocenters. The third-order valence-electron chi connectivity index (χ3n) is 4.19. The van der Waals surface area contributed by atoms with E-state index in [-0.39, 0.29) is 22.9 Å². The summed E-state index contributed by atoms with van der Waals surface area (Å²) in [7, 11) is 0. The predicted molar refractivity (Wildman–Crippen MR) is 75.4 cm³/mol. The molecule has 0 spiro atoms. The Morgan fingerprint density at radius 1 is 1.26 bits per heavy atom. The summed E-state index contributed by atoms with van der Waals surface area (Å²) in [5.74, 6) is 0.274. The second kappa shape index (κ2) is 6.69. The van der Waals surface area contributed by atoms with E-state index in [1.165, 1.54) is 31.4 Å². The molecule has 106 valence electrons. The summed E-state index contributed by atoms with van der Waals surface area (Å²) in [6.45, 7) is 2.19. The fraction of sp³-hybridized carbons (Fsp3) is 0.625. The highest BCUT2D eigenvalue weighted by molar-refractivity contribution is 6.20. The van der Waals surface area contributed by atoms with E-state index in [1.807, 2.05) is 0 Å². The van der Waals surface area contributed by atoms with Crippen molar-refractivity contribution in [2.75, 3.05) is 0 Å². The molecular weight excluding hydrogens is 266 g/mol. The lowest BCUT2D eigenvalue weighted by Crippen LogP contribution is -2.27. The van der Waals surface area contributed by atoms with Gasteiger partial charge in [0.05, 0.1) is 0 Å². The van der Waals surface area contributed by atoms with Crippen LogP contribution in [-0.2, 0) is 6.42 Å². The predicted octanol–water partition coefficient (Wildman–Crippen LogP) is 5.33. The van der Waals surface area contributed by atoms with Crippen molar-refractivity contribution >= 4 is 11.6 Å². The van der Waals surface area contributed by atoms with Gasteiger partial charge in [-0.25, -0.2) is 8.78 Å². The van der Waals surface area contributed by atoms with E-state index in [0.29, 0.717) is 17.9 Å². The van der Waals surface area contributed by atoms with Gasteiger partial charge >= 0.3 is 0 Å². The van der Waals surface area contributed by atoms with Crippen LogP contribution in [0.4, 0.5) is 8.78 Å². The monoisotopic (exact) mass is 286 g/mol. The maximum atomic E-state index is 13.7. The van der Waals surface area contributed by atoms with Crippen LogP contribution < -0.4 is 0 Å². The average molecular weight is 287 g/mol.